The van der Waals surface area contributed by atoms with Crippen molar-refractivity contribution < 1.29 is 31.9 Å². The van der Waals surface area contributed by atoms with Crippen LogP contribution in [-0.2, 0) is 12.6 Å². The lowest BCUT2D eigenvalue weighted by molar-refractivity contribution is -0.137. The molecule has 0 spiro atoms. The molecule has 1 amide bonds. The lowest BCUT2D eigenvalue weighted by Crippen LogP contribution is -2.29. The highest BCUT2D eigenvalue weighted by Gasteiger charge is 2.30. The van der Waals surface area contributed by atoms with E-state index in [9.17, 15) is 22.8 Å². The van der Waals surface area contributed by atoms with Crippen LogP contribution >= 0.6 is 0 Å². The summed E-state index contributed by atoms with van der Waals surface area (Å²) in [4.78, 5) is 24.2. The smallest absolute Gasteiger partial charge is 0.446 e. The predicted octanol–water partition coefficient (Wildman–Crippen LogP) is 3.54. The number of benzene rings is 2. The Morgan fingerprint density at radius 1 is 1.13 bits per heavy atom. The number of ether oxygens (including phenoxy) is 2. The van der Waals surface area contributed by atoms with Gasteiger partial charge in [0.15, 0.2) is 11.5 Å². The molecule has 1 aromatic heterocycles. The molecule has 3 rings (SSSR count). The fraction of sp³-hybridized carbons (Fsp3) is 0.211. The first-order valence-corrected chi connectivity index (χ1v) is 8.50. The standard InChI is InChI=1S/C19H16F3N3O5/c1-28-14-7-6-11(8-15(14)29-2)9-16-24-25(18(27)30-16)17(26)23-13-5-3-4-12(10-13)19(20,21)22/h3-8,10H,9H2,1-2H3,(H,23,26). The summed E-state index contributed by atoms with van der Waals surface area (Å²) < 4.78 is 54.1. The number of methoxy groups -OCH3 is 2. The Morgan fingerprint density at radius 3 is 2.53 bits per heavy atom. The number of amides is 1. The van der Waals surface area contributed by atoms with Crippen molar-refractivity contribution in [3.05, 3.63) is 70.0 Å². The van der Waals surface area contributed by atoms with Gasteiger partial charge in [-0.2, -0.15) is 13.2 Å². The molecule has 158 valence electrons. The summed E-state index contributed by atoms with van der Waals surface area (Å²) in [6.07, 6.45) is -4.50. The molecule has 1 N–H and O–H groups in total. The van der Waals surface area contributed by atoms with Gasteiger partial charge < -0.3 is 19.2 Å². The van der Waals surface area contributed by atoms with E-state index in [-0.39, 0.29) is 18.0 Å². The Hall–Kier alpha value is -3.76. The minimum atomic E-state index is -4.57. The van der Waals surface area contributed by atoms with Gasteiger partial charge in [-0.1, -0.05) is 12.1 Å². The molecule has 0 aliphatic heterocycles. The molecular weight excluding hydrogens is 407 g/mol. The van der Waals surface area contributed by atoms with Gasteiger partial charge in [0.25, 0.3) is 0 Å². The topological polar surface area (TPSA) is 95.6 Å². The highest BCUT2D eigenvalue weighted by Crippen LogP contribution is 2.31. The summed E-state index contributed by atoms with van der Waals surface area (Å²) in [5.74, 6) is -0.172. The summed E-state index contributed by atoms with van der Waals surface area (Å²) in [6, 6.07) is 7.94. The molecule has 3 aromatic rings. The SMILES string of the molecule is COc1ccc(Cc2nn(C(=O)Nc3cccc(C(F)(F)F)c3)c(=O)o2)cc1OC. The molecule has 1 heterocycles. The third-order valence-corrected chi connectivity index (χ3v) is 4.03. The Morgan fingerprint density at radius 2 is 1.87 bits per heavy atom. The fourth-order valence-corrected chi connectivity index (χ4v) is 2.63. The van der Waals surface area contributed by atoms with Crippen LogP contribution in [0.1, 0.15) is 17.0 Å². The van der Waals surface area contributed by atoms with E-state index in [1.807, 2.05) is 0 Å². The number of aromatic nitrogens is 2. The molecule has 0 atom stereocenters. The number of carbonyl (C=O) groups excluding carboxylic acids is 1. The highest BCUT2D eigenvalue weighted by molar-refractivity contribution is 5.90. The number of anilines is 1. The van der Waals surface area contributed by atoms with Crippen LogP contribution in [0, 0.1) is 0 Å². The second-order valence-electron chi connectivity index (χ2n) is 6.05. The van der Waals surface area contributed by atoms with Crippen LogP contribution in [0.3, 0.4) is 0 Å². The van der Waals surface area contributed by atoms with Gasteiger partial charge in [-0.25, -0.2) is 9.59 Å². The number of alkyl halides is 3. The molecule has 0 unspecified atom stereocenters. The van der Waals surface area contributed by atoms with Crippen LogP contribution < -0.4 is 20.5 Å². The van der Waals surface area contributed by atoms with Gasteiger partial charge in [0.1, 0.15) is 0 Å². The van der Waals surface area contributed by atoms with Crippen LogP contribution in [0.2, 0.25) is 0 Å². The average Bonchev–Trinajstić information content (AvgIpc) is 3.07. The number of carbonyl (C=O) groups is 1. The summed E-state index contributed by atoms with van der Waals surface area (Å²) in [5, 5.41) is 5.99. The van der Waals surface area contributed by atoms with Gasteiger partial charge in [-0.3, -0.25) is 0 Å². The van der Waals surface area contributed by atoms with E-state index in [0.29, 0.717) is 21.7 Å². The van der Waals surface area contributed by atoms with E-state index in [0.717, 1.165) is 18.2 Å². The molecule has 0 aliphatic rings. The molecule has 8 nitrogen and oxygen atoms in total. The van der Waals surface area contributed by atoms with Crippen molar-refractivity contribution in [3.63, 3.8) is 0 Å². The molecule has 0 bridgehead atoms. The predicted molar refractivity (Wildman–Crippen MR) is 99.0 cm³/mol. The van der Waals surface area contributed by atoms with E-state index in [1.54, 1.807) is 18.2 Å². The molecule has 0 aliphatic carbocycles. The fourth-order valence-electron chi connectivity index (χ4n) is 2.63. The Kier molecular flexibility index (Phi) is 5.81. The second kappa shape index (κ2) is 8.31. The Bertz CT molecular complexity index is 1120. The summed E-state index contributed by atoms with van der Waals surface area (Å²) in [7, 11) is 2.95. The van der Waals surface area contributed by atoms with Gasteiger partial charge in [0.2, 0.25) is 5.89 Å². The second-order valence-corrected chi connectivity index (χ2v) is 6.05. The summed E-state index contributed by atoms with van der Waals surface area (Å²) >= 11 is 0. The number of halogens is 3. The summed E-state index contributed by atoms with van der Waals surface area (Å²) in [6.45, 7) is 0. The van der Waals surface area contributed by atoms with E-state index >= 15 is 0 Å². The number of hydrogen-bond acceptors (Lipinski definition) is 6. The van der Waals surface area contributed by atoms with Crippen molar-refractivity contribution >= 4 is 11.7 Å². The Balaban J connectivity index is 1.78. The van der Waals surface area contributed by atoms with Crippen molar-refractivity contribution in [2.75, 3.05) is 19.5 Å². The molecule has 11 heteroatoms. The maximum atomic E-state index is 12.8. The van der Waals surface area contributed by atoms with Crippen molar-refractivity contribution in [1.29, 1.82) is 0 Å². The van der Waals surface area contributed by atoms with E-state index in [2.05, 4.69) is 10.4 Å². The first-order valence-electron chi connectivity index (χ1n) is 8.50. The van der Waals surface area contributed by atoms with Gasteiger partial charge in [0.05, 0.1) is 26.2 Å². The zero-order valence-corrected chi connectivity index (χ0v) is 15.8. The van der Waals surface area contributed by atoms with E-state index < -0.39 is 23.5 Å². The van der Waals surface area contributed by atoms with Crippen LogP contribution in [0.4, 0.5) is 23.7 Å². The lowest BCUT2D eigenvalue weighted by Gasteiger charge is -2.09. The maximum absolute atomic E-state index is 12.8. The molecule has 0 saturated heterocycles. The molecule has 0 fully saturated rings. The summed E-state index contributed by atoms with van der Waals surface area (Å²) in [5.41, 5.74) is -0.424. The third-order valence-electron chi connectivity index (χ3n) is 4.03. The molecule has 0 radical (unpaired) electrons. The number of rotatable bonds is 5. The number of nitrogens with zero attached hydrogens (tertiary/aromatic N) is 2. The van der Waals surface area contributed by atoms with Gasteiger partial charge in [-0.15, -0.1) is 9.78 Å². The number of nitrogens with one attached hydrogen (secondary N) is 1. The minimum absolute atomic E-state index is 0.0635. The van der Waals surface area contributed by atoms with Crippen LogP contribution in [0.5, 0.6) is 11.5 Å². The van der Waals surface area contributed by atoms with Gasteiger partial charge in [0, 0.05) is 5.69 Å². The highest BCUT2D eigenvalue weighted by atomic mass is 19.4. The normalized spacial score (nSPS) is 11.2. The molecule has 0 saturated carbocycles. The zero-order chi connectivity index (χ0) is 21.9. The van der Waals surface area contributed by atoms with Crippen LogP contribution in [0.15, 0.2) is 51.7 Å². The first kappa shape index (κ1) is 21.0. The quantitative estimate of drug-likeness (QED) is 0.675. The van der Waals surface area contributed by atoms with Crippen molar-refractivity contribution in [3.8, 4) is 11.5 Å². The van der Waals surface area contributed by atoms with Gasteiger partial charge in [-0.05, 0) is 35.9 Å². The third kappa shape index (κ3) is 4.62. The molecule has 30 heavy (non-hydrogen) atoms. The van der Waals surface area contributed by atoms with Crippen molar-refractivity contribution in [2.45, 2.75) is 12.6 Å². The van der Waals surface area contributed by atoms with Gasteiger partial charge >= 0.3 is 18.0 Å². The largest absolute Gasteiger partial charge is 0.493 e. The average molecular weight is 423 g/mol. The van der Waals surface area contributed by atoms with Crippen molar-refractivity contribution in [1.82, 2.24) is 9.78 Å². The zero-order valence-electron chi connectivity index (χ0n) is 15.8. The van der Waals surface area contributed by atoms with E-state index in [1.165, 1.54) is 20.3 Å². The number of hydrogen-bond donors (Lipinski definition) is 1. The first-order chi connectivity index (χ1) is 14.2. The molecule has 2 aromatic carbocycles. The van der Waals surface area contributed by atoms with E-state index in [4.69, 9.17) is 13.9 Å². The monoisotopic (exact) mass is 423 g/mol. The maximum Gasteiger partial charge on any atom is 0.446 e. The van der Waals surface area contributed by atoms with Crippen LogP contribution in [0.25, 0.3) is 0 Å². The Labute approximate surface area is 167 Å². The molecular formula is C19H16F3N3O5. The van der Waals surface area contributed by atoms with Crippen molar-refractivity contribution in [2.24, 2.45) is 0 Å². The minimum Gasteiger partial charge on any atom is -0.493 e. The van der Waals surface area contributed by atoms with Crippen LogP contribution in [-0.4, -0.2) is 30.0 Å². The lowest BCUT2D eigenvalue weighted by atomic mass is 10.1.